The molecule has 0 saturated carbocycles. The van der Waals surface area contributed by atoms with Crippen molar-refractivity contribution in [3.05, 3.63) is 30.0 Å². The van der Waals surface area contributed by atoms with Gasteiger partial charge in [-0.1, -0.05) is 0 Å². The predicted molar refractivity (Wildman–Crippen MR) is 58.5 cm³/mol. The van der Waals surface area contributed by atoms with Crippen molar-refractivity contribution in [3.63, 3.8) is 0 Å². The number of nitrogens with zero attached hydrogens (tertiary/aromatic N) is 4. The Morgan fingerprint density at radius 1 is 1.40 bits per heavy atom. The second-order valence-corrected chi connectivity index (χ2v) is 3.94. The summed E-state index contributed by atoms with van der Waals surface area (Å²) < 4.78 is 1.71. The predicted octanol–water partition coefficient (Wildman–Crippen LogP) is 1.43. The molecule has 15 heavy (non-hydrogen) atoms. The van der Waals surface area contributed by atoms with E-state index in [1.807, 2.05) is 17.6 Å². The number of rotatable bonds is 1. The van der Waals surface area contributed by atoms with Crippen LogP contribution in [-0.2, 0) is 0 Å². The summed E-state index contributed by atoms with van der Waals surface area (Å²) in [4.78, 5) is 8.44. The SMILES string of the molecule is Nc1nc(-c2cnc3ccnn3c2)cs1. The third kappa shape index (κ3) is 1.35. The highest BCUT2D eigenvalue weighted by Crippen LogP contribution is 2.22. The van der Waals surface area contributed by atoms with Gasteiger partial charge in [-0.05, 0) is 0 Å². The van der Waals surface area contributed by atoms with Gasteiger partial charge in [-0.15, -0.1) is 11.3 Å². The summed E-state index contributed by atoms with van der Waals surface area (Å²) >= 11 is 1.42. The zero-order chi connectivity index (χ0) is 10.3. The van der Waals surface area contributed by atoms with Crippen molar-refractivity contribution in [2.24, 2.45) is 0 Å². The minimum Gasteiger partial charge on any atom is -0.375 e. The molecule has 0 fully saturated rings. The highest BCUT2D eigenvalue weighted by Gasteiger charge is 2.04. The molecule has 0 aliphatic heterocycles. The molecule has 0 aliphatic rings. The number of aromatic nitrogens is 4. The maximum Gasteiger partial charge on any atom is 0.180 e. The highest BCUT2D eigenvalue weighted by atomic mass is 32.1. The van der Waals surface area contributed by atoms with Gasteiger partial charge in [-0.2, -0.15) is 5.10 Å². The van der Waals surface area contributed by atoms with Gasteiger partial charge in [0.15, 0.2) is 10.8 Å². The first kappa shape index (κ1) is 8.37. The quantitative estimate of drug-likeness (QED) is 0.669. The molecule has 3 rings (SSSR count). The van der Waals surface area contributed by atoms with Crippen LogP contribution in [0.15, 0.2) is 30.0 Å². The molecule has 0 saturated heterocycles. The molecule has 6 heteroatoms. The summed E-state index contributed by atoms with van der Waals surface area (Å²) in [7, 11) is 0. The number of fused-ring (bicyclic) bond motifs is 1. The van der Waals surface area contributed by atoms with Crippen LogP contribution < -0.4 is 5.73 Å². The number of hydrogen-bond acceptors (Lipinski definition) is 5. The lowest BCUT2D eigenvalue weighted by Crippen LogP contribution is -1.91. The lowest BCUT2D eigenvalue weighted by Gasteiger charge is -1.96. The van der Waals surface area contributed by atoms with Crippen molar-refractivity contribution in [1.82, 2.24) is 19.6 Å². The molecule has 0 aliphatic carbocycles. The van der Waals surface area contributed by atoms with Crippen LogP contribution >= 0.6 is 11.3 Å². The van der Waals surface area contributed by atoms with Crippen LogP contribution in [-0.4, -0.2) is 19.6 Å². The first-order chi connectivity index (χ1) is 7.33. The number of thiazole rings is 1. The average molecular weight is 217 g/mol. The molecule has 0 radical (unpaired) electrons. The Labute approximate surface area is 89.2 Å². The summed E-state index contributed by atoms with van der Waals surface area (Å²) in [5.74, 6) is 0. The van der Waals surface area contributed by atoms with Crippen molar-refractivity contribution in [3.8, 4) is 11.3 Å². The third-order valence-electron chi connectivity index (χ3n) is 2.06. The molecule has 3 heterocycles. The molecule has 0 unspecified atom stereocenters. The number of anilines is 1. The van der Waals surface area contributed by atoms with Crippen molar-refractivity contribution in [1.29, 1.82) is 0 Å². The molecular weight excluding hydrogens is 210 g/mol. The Morgan fingerprint density at radius 2 is 2.33 bits per heavy atom. The van der Waals surface area contributed by atoms with Crippen molar-refractivity contribution in [2.75, 3.05) is 5.73 Å². The molecule has 0 amide bonds. The Morgan fingerprint density at radius 3 is 3.13 bits per heavy atom. The lowest BCUT2D eigenvalue weighted by atomic mass is 10.3. The van der Waals surface area contributed by atoms with E-state index in [9.17, 15) is 0 Å². The molecule has 3 aromatic heterocycles. The Balaban J connectivity index is 2.18. The number of hydrogen-bond donors (Lipinski definition) is 1. The van der Waals surface area contributed by atoms with E-state index in [2.05, 4.69) is 15.1 Å². The molecule has 0 spiro atoms. The molecule has 3 aromatic rings. The largest absolute Gasteiger partial charge is 0.375 e. The molecule has 0 bridgehead atoms. The van der Waals surface area contributed by atoms with Gasteiger partial charge >= 0.3 is 0 Å². The maximum atomic E-state index is 5.57. The van der Waals surface area contributed by atoms with E-state index in [1.165, 1.54) is 11.3 Å². The van der Waals surface area contributed by atoms with Gasteiger partial charge in [0.2, 0.25) is 0 Å². The van der Waals surface area contributed by atoms with Gasteiger partial charge in [-0.3, -0.25) is 0 Å². The fourth-order valence-electron chi connectivity index (χ4n) is 1.36. The second-order valence-electron chi connectivity index (χ2n) is 3.05. The number of nitrogen functional groups attached to an aromatic ring is 1. The molecule has 0 aromatic carbocycles. The van der Waals surface area contributed by atoms with Crippen LogP contribution in [0.25, 0.3) is 16.9 Å². The smallest absolute Gasteiger partial charge is 0.180 e. The normalized spacial score (nSPS) is 10.9. The van der Waals surface area contributed by atoms with Gasteiger partial charge in [0.1, 0.15) is 0 Å². The minimum atomic E-state index is 0.561. The topological polar surface area (TPSA) is 69.1 Å². The van der Waals surface area contributed by atoms with Gasteiger partial charge in [0.05, 0.1) is 11.9 Å². The van der Waals surface area contributed by atoms with Crippen molar-refractivity contribution >= 4 is 22.1 Å². The van der Waals surface area contributed by atoms with E-state index >= 15 is 0 Å². The Kier molecular flexibility index (Phi) is 1.69. The van der Waals surface area contributed by atoms with Gasteiger partial charge in [-0.25, -0.2) is 14.5 Å². The van der Waals surface area contributed by atoms with E-state index < -0.39 is 0 Å². The van der Waals surface area contributed by atoms with Gasteiger partial charge in [0.25, 0.3) is 0 Å². The van der Waals surface area contributed by atoms with Crippen LogP contribution in [0.4, 0.5) is 5.13 Å². The van der Waals surface area contributed by atoms with E-state index in [0.717, 1.165) is 16.9 Å². The standard InChI is InChI=1S/C9H7N5S/c10-9-13-7(5-15-9)6-3-11-8-1-2-12-14(8)4-6/h1-5H,(H2,10,13). The fraction of sp³-hybridized carbons (Fsp3) is 0. The molecule has 74 valence electrons. The van der Waals surface area contributed by atoms with Crippen LogP contribution in [0.1, 0.15) is 0 Å². The van der Waals surface area contributed by atoms with E-state index in [-0.39, 0.29) is 0 Å². The van der Waals surface area contributed by atoms with Crippen LogP contribution in [0.2, 0.25) is 0 Å². The van der Waals surface area contributed by atoms with E-state index in [1.54, 1.807) is 16.9 Å². The Hall–Kier alpha value is -1.95. The fourth-order valence-corrected chi connectivity index (χ4v) is 1.93. The zero-order valence-corrected chi connectivity index (χ0v) is 8.48. The molecule has 0 atom stereocenters. The van der Waals surface area contributed by atoms with Gasteiger partial charge in [0, 0.05) is 29.4 Å². The first-order valence-corrected chi connectivity index (χ1v) is 5.22. The summed E-state index contributed by atoms with van der Waals surface area (Å²) in [6.07, 6.45) is 5.36. The molecular formula is C9H7N5S. The monoisotopic (exact) mass is 217 g/mol. The van der Waals surface area contributed by atoms with Crippen LogP contribution in [0, 0.1) is 0 Å². The van der Waals surface area contributed by atoms with Crippen molar-refractivity contribution in [2.45, 2.75) is 0 Å². The minimum absolute atomic E-state index is 0.561. The van der Waals surface area contributed by atoms with E-state index in [0.29, 0.717) is 5.13 Å². The summed E-state index contributed by atoms with van der Waals surface area (Å²) in [6, 6.07) is 1.85. The van der Waals surface area contributed by atoms with Crippen molar-refractivity contribution < 1.29 is 0 Å². The molecule has 2 N–H and O–H groups in total. The average Bonchev–Trinajstić information content (AvgIpc) is 2.84. The first-order valence-electron chi connectivity index (χ1n) is 4.34. The number of nitrogens with two attached hydrogens (primary N) is 1. The van der Waals surface area contributed by atoms with Crippen LogP contribution in [0.5, 0.6) is 0 Å². The second kappa shape index (κ2) is 3.03. The highest BCUT2D eigenvalue weighted by molar-refractivity contribution is 7.13. The third-order valence-corrected chi connectivity index (χ3v) is 2.74. The van der Waals surface area contributed by atoms with Gasteiger partial charge < -0.3 is 5.73 Å². The zero-order valence-electron chi connectivity index (χ0n) is 7.66. The van der Waals surface area contributed by atoms with Crippen LogP contribution in [0.3, 0.4) is 0 Å². The van der Waals surface area contributed by atoms with E-state index in [4.69, 9.17) is 5.73 Å². The lowest BCUT2D eigenvalue weighted by molar-refractivity contribution is 0.940. The molecule has 5 nitrogen and oxygen atoms in total. The summed E-state index contributed by atoms with van der Waals surface area (Å²) in [6.45, 7) is 0. The summed E-state index contributed by atoms with van der Waals surface area (Å²) in [5.41, 5.74) is 8.15. The summed E-state index contributed by atoms with van der Waals surface area (Å²) in [5, 5.41) is 6.58. The Bertz CT molecular complexity index is 612. The maximum absolute atomic E-state index is 5.57.